The van der Waals surface area contributed by atoms with Gasteiger partial charge in [0, 0.05) is 18.3 Å². The summed E-state index contributed by atoms with van der Waals surface area (Å²) in [6.07, 6.45) is -1.26. The van der Waals surface area contributed by atoms with E-state index in [1.807, 2.05) is 6.07 Å². The molecule has 0 fully saturated rings. The molecule has 5 heteroatoms. The Hall–Kier alpha value is -2.66. The summed E-state index contributed by atoms with van der Waals surface area (Å²) < 4.78 is 0. The van der Waals surface area contributed by atoms with E-state index in [0.717, 1.165) is 0 Å². The lowest BCUT2D eigenvalue weighted by Crippen LogP contribution is -2.23. The number of rotatable bonds is 4. The third kappa shape index (κ3) is 3.32. The highest BCUT2D eigenvalue weighted by Crippen LogP contribution is 2.21. The van der Waals surface area contributed by atoms with E-state index in [4.69, 9.17) is 0 Å². The first kappa shape index (κ1) is 15.7. The molecule has 2 amide bonds. The largest absolute Gasteiger partial charge is 0.378 e. The van der Waals surface area contributed by atoms with Crippen LogP contribution in [0.25, 0.3) is 0 Å². The molecule has 0 aliphatic rings. The van der Waals surface area contributed by atoms with Gasteiger partial charge in [0.1, 0.15) is 0 Å². The van der Waals surface area contributed by atoms with Gasteiger partial charge in [0.05, 0.1) is 0 Å². The Labute approximate surface area is 129 Å². The highest BCUT2D eigenvalue weighted by Gasteiger charge is 2.19. The summed E-state index contributed by atoms with van der Waals surface area (Å²) in [5, 5.41) is 15.3. The van der Waals surface area contributed by atoms with Crippen LogP contribution in [0.5, 0.6) is 0 Å². The van der Waals surface area contributed by atoms with Crippen LogP contribution >= 0.6 is 0 Å². The van der Waals surface area contributed by atoms with Gasteiger partial charge >= 0.3 is 0 Å². The molecule has 1 atom stereocenters. The Balaban J connectivity index is 2.20. The number of amides is 2. The van der Waals surface area contributed by atoms with Crippen LogP contribution in [0.15, 0.2) is 48.5 Å². The molecule has 0 aliphatic heterocycles. The van der Waals surface area contributed by atoms with Gasteiger partial charge in [0.25, 0.3) is 11.8 Å². The van der Waals surface area contributed by atoms with Crippen LogP contribution in [0, 0.1) is 6.92 Å². The maximum absolute atomic E-state index is 12.2. The van der Waals surface area contributed by atoms with E-state index in [1.165, 1.54) is 0 Å². The van der Waals surface area contributed by atoms with Crippen LogP contribution in [0.2, 0.25) is 0 Å². The molecule has 2 aromatic carbocycles. The van der Waals surface area contributed by atoms with Gasteiger partial charge in [-0.05, 0) is 30.2 Å². The van der Waals surface area contributed by atoms with Crippen LogP contribution in [0.1, 0.15) is 27.6 Å². The molecule has 0 aromatic heterocycles. The van der Waals surface area contributed by atoms with Crippen LogP contribution < -0.4 is 10.6 Å². The molecule has 0 spiro atoms. The van der Waals surface area contributed by atoms with E-state index in [0.29, 0.717) is 22.4 Å². The van der Waals surface area contributed by atoms with Crippen molar-refractivity contribution >= 4 is 17.5 Å². The van der Waals surface area contributed by atoms with Gasteiger partial charge in [-0.25, -0.2) is 0 Å². The molecule has 2 rings (SSSR count). The Morgan fingerprint density at radius 3 is 2.36 bits per heavy atom. The fraction of sp³-hybridized carbons (Fsp3) is 0.176. The molecule has 22 heavy (non-hydrogen) atoms. The maximum Gasteiger partial charge on any atom is 0.257 e. The van der Waals surface area contributed by atoms with Crippen molar-refractivity contribution in [2.24, 2.45) is 0 Å². The molecule has 114 valence electrons. The van der Waals surface area contributed by atoms with Gasteiger partial charge < -0.3 is 15.7 Å². The molecule has 0 saturated heterocycles. The predicted octanol–water partition coefficient (Wildman–Crippen LogP) is 2.03. The highest BCUT2D eigenvalue weighted by molar-refractivity contribution is 6.00. The van der Waals surface area contributed by atoms with Crippen molar-refractivity contribution in [3.05, 3.63) is 65.2 Å². The van der Waals surface area contributed by atoms with Gasteiger partial charge in [0.2, 0.25) is 0 Å². The minimum absolute atomic E-state index is 0.225. The predicted molar refractivity (Wildman–Crippen MR) is 84.6 cm³/mol. The van der Waals surface area contributed by atoms with Crippen molar-refractivity contribution in [2.75, 3.05) is 12.4 Å². The lowest BCUT2D eigenvalue weighted by atomic mass is 10.0. The molecular weight excluding hydrogens is 280 g/mol. The summed E-state index contributed by atoms with van der Waals surface area (Å²) in [7, 11) is 1.55. The van der Waals surface area contributed by atoms with E-state index in [1.54, 1.807) is 56.4 Å². The van der Waals surface area contributed by atoms with E-state index < -0.39 is 12.0 Å². The summed E-state index contributed by atoms with van der Waals surface area (Å²) in [6, 6.07) is 13.7. The molecule has 0 radical (unpaired) electrons. The third-order valence-electron chi connectivity index (χ3n) is 3.43. The number of anilines is 1. The van der Waals surface area contributed by atoms with Crippen LogP contribution in [0.3, 0.4) is 0 Å². The maximum atomic E-state index is 12.2. The molecule has 3 N–H and O–H groups in total. The van der Waals surface area contributed by atoms with Crippen molar-refractivity contribution < 1.29 is 14.7 Å². The Morgan fingerprint density at radius 2 is 1.73 bits per heavy atom. The third-order valence-corrected chi connectivity index (χ3v) is 3.43. The fourth-order valence-electron chi connectivity index (χ4n) is 2.14. The Morgan fingerprint density at radius 1 is 1.05 bits per heavy atom. The minimum Gasteiger partial charge on any atom is -0.378 e. The SMILES string of the molecule is CNC(=O)c1cccc(NC(=O)C(O)c2ccccc2)c1C. The summed E-state index contributed by atoms with van der Waals surface area (Å²) in [6.45, 7) is 1.75. The van der Waals surface area contributed by atoms with Crippen molar-refractivity contribution in [3.8, 4) is 0 Å². The average Bonchev–Trinajstić information content (AvgIpc) is 2.56. The second-order valence-electron chi connectivity index (χ2n) is 4.86. The molecule has 0 bridgehead atoms. The van der Waals surface area contributed by atoms with Crippen molar-refractivity contribution in [1.29, 1.82) is 0 Å². The quantitative estimate of drug-likeness (QED) is 0.808. The lowest BCUT2D eigenvalue weighted by molar-refractivity contribution is -0.124. The van der Waals surface area contributed by atoms with Crippen molar-refractivity contribution in [1.82, 2.24) is 5.32 Å². The Bertz CT molecular complexity index is 684. The number of carbonyl (C=O) groups is 2. The summed E-state index contributed by atoms with van der Waals surface area (Å²) >= 11 is 0. The summed E-state index contributed by atoms with van der Waals surface area (Å²) in [5.74, 6) is -0.763. The highest BCUT2D eigenvalue weighted by atomic mass is 16.3. The first-order valence-electron chi connectivity index (χ1n) is 6.90. The number of aliphatic hydroxyl groups excluding tert-OH is 1. The van der Waals surface area contributed by atoms with Gasteiger partial charge in [0.15, 0.2) is 6.10 Å². The van der Waals surface area contributed by atoms with Gasteiger partial charge in [-0.1, -0.05) is 36.4 Å². The summed E-state index contributed by atoms with van der Waals surface area (Å²) in [5.41, 5.74) is 2.14. The molecule has 5 nitrogen and oxygen atoms in total. The second kappa shape index (κ2) is 6.87. The minimum atomic E-state index is -1.26. The molecule has 2 aromatic rings. The number of nitrogens with one attached hydrogen (secondary N) is 2. The van der Waals surface area contributed by atoms with E-state index in [9.17, 15) is 14.7 Å². The lowest BCUT2D eigenvalue weighted by Gasteiger charge is -2.15. The molecule has 0 aliphatic carbocycles. The van der Waals surface area contributed by atoms with Crippen LogP contribution in [0.4, 0.5) is 5.69 Å². The number of carbonyl (C=O) groups excluding carboxylic acids is 2. The van der Waals surface area contributed by atoms with Gasteiger partial charge in [-0.2, -0.15) is 0 Å². The standard InChI is InChI=1S/C17H18N2O3/c1-11-13(16(21)18-2)9-6-10-14(11)19-17(22)15(20)12-7-4-3-5-8-12/h3-10,15,20H,1-2H3,(H,18,21)(H,19,22). The first-order valence-corrected chi connectivity index (χ1v) is 6.90. The number of benzene rings is 2. The average molecular weight is 298 g/mol. The topological polar surface area (TPSA) is 78.4 Å². The monoisotopic (exact) mass is 298 g/mol. The number of hydrogen-bond donors (Lipinski definition) is 3. The second-order valence-corrected chi connectivity index (χ2v) is 4.86. The van der Waals surface area contributed by atoms with Gasteiger partial charge in [-0.15, -0.1) is 0 Å². The van der Waals surface area contributed by atoms with Crippen LogP contribution in [-0.2, 0) is 4.79 Å². The smallest absolute Gasteiger partial charge is 0.257 e. The fourth-order valence-corrected chi connectivity index (χ4v) is 2.14. The number of hydrogen-bond acceptors (Lipinski definition) is 3. The van der Waals surface area contributed by atoms with Crippen LogP contribution in [-0.4, -0.2) is 24.0 Å². The Kier molecular flexibility index (Phi) is 4.91. The summed E-state index contributed by atoms with van der Waals surface area (Å²) in [4.78, 5) is 23.9. The van der Waals surface area contributed by atoms with E-state index >= 15 is 0 Å². The number of aliphatic hydroxyl groups is 1. The van der Waals surface area contributed by atoms with E-state index in [2.05, 4.69) is 10.6 Å². The molecular formula is C17H18N2O3. The van der Waals surface area contributed by atoms with Crippen molar-refractivity contribution in [3.63, 3.8) is 0 Å². The zero-order valence-corrected chi connectivity index (χ0v) is 12.5. The molecule has 0 heterocycles. The van der Waals surface area contributed by atoms with E-state index in [-0.39, 0.29) is 5.91 Å². The normalized spacial score (nSPS) is 11.6. The molecule has 0 saturated carbocycles. The first-order chi connectivity index (χ1) is 10.5. The zero-order chi connectivity index (χ0) is 16.1. The van der Waals surface area contributed by atoms with Gasteiger partial charge in [-0.3, -0.25) is 9.59 Å². The molecule has 1 unspecified atom stereocenters. The zero-order valence-electron chi connectivity index (χ0n) is 12.5. The van der Waals surface area contributed by atoms with Crippen molar-refractivity contribution in [2.45, 2.75) is 13.0 Å².